The summed E-state index contributed by atoms with van der Waals surface area (Å²) in [7, 11) is 0. The van der Waals surface area contributed by atoms with Gasteiger partial charge in [-0.3, -0.25) is 9.36 Å². The van der Waals surface area contributed by atoms with Gasteiger partial charge in [0.1, 0.15) is 0 Å². The molecule has 0 amide bonds. The Labute approximate surface area is 169 Å². The molecule has 4 aromatic carbocycles. The van der Waals surface area contributed by atoms with E-state index in [-0.39, 0.29) is 11.1 Å². The minimum atomic E-state index is -4.50. The Balaban J connectivity index is 2.03. The van der Waals surface area contributed by atoms with E-state index in [1.807, 2.05) is 55.5 Å². The van der Waals surface area contributed by atoms with Crippen LogP contribution in [-0.2, 0) is 6.18 Å². The zero-order chi connectivity index (χ0) is 21.0. The van der Waals surface area contributed by atoms with Gasteiger partial charge in [-0.05, 0) is 47.3 Å². The third kappa shape index (κ3) is 2.77. The number of hydrogen-bond acceptors (Lipinski definition) is 1. The molecular formula is C25H16F3NO. The Morgan fingerprint density at radius 1 is 0.767 bits per heavy atom. The lowest BCUT2D eigenvalue weighted by molar-refractivity contribution is -0.137. The summed E-state index contributed by atoms with van der Waals surface area (Å²) in [6.07, 6.45) is -4.50. The number of hydrogen-bond donors (Lipinski definition) is 0. The molecule has 5 aromatic rings. The van der Waals surface area contributed by atoms with E-state index >= 15 is 0 Å². The Bertz CT molecular complexity index is 1500. The van der Waals surface area contributed by atoms with Crippen LogP contribution < -0.4 is 5.56 Å². The molecule has 0 aliphatic carbocycles. The molecule has 0 N–H and O–H groups in total. The molecular weight excluding hydrogens is 387 g/mol. The number of benzene rings is 4. The highest BCUT2D eigenvalue weighted by atomic mass is 19.4. The lowest BCUT2D eigenvalue weighted by atomic mass is 9.98. The molecule has 0 fully saturated rings. The van der Waals surface area contributed by atoms with Crippen LogP contribution >= 0.6 is 0 Å². The minimum absolute atomic E-state index is 0.237. The highest BCUT2D eigenvalue weighted by molar-refractivity contribution is 6.16. The number of halogens is 3. The molecule has 5 heteroatoms. The van der Waals surface area contributed by atoms with Crippen molar-refractivity contribution in [2.75, 3.05) is 0 Å². The van der Waals surface area contributed by atoms with Gasteiger partial charge >= 0.3 is 6.18 Å². The second-order valence-corrected chi connectivity index (χ2v) is 7.42. The molecule has 30 heavy (non-hydrogen) atoms. The van der Waals surface area contributed by atoms with Gasteiger partial charge in [0.2, 0.25) is 0 Å². The van der Waals surface area contributed by atoms with Crippen LogP contribution in [0.3, 0.4) is 0 Å². The van der Waals surface area contributed by atoms with E-state index < -0.39 is 11.7 Å². The van der Waals surface area contributed by atoms with Gasteiger partial charge in [0.25, 0.3) is 5.56 Å². The van der Waals surface area contributed by atoms with Gasteiger partial charge in [-0.1, -0.05) is 60.2 Å². The van der Waals surface area contributed by atoms with Gasteiger partial charge in [0, 0.05) is 11.1 Å². The van der Waals surface area contributed by atoms with Gasteiger partial charge in [-0.15, -0.1) is 0 Å². The molecule has 5 rings (SSSR count). The maximum Gasteiger partial charge on any atom is 0.416 e. The van der Waals surface area contributed by atoms with E-state index in [2.05, 4.69) is 0 Å². The predicted octanol–water partition coefficient (Wildman–Crippen LogP) is 6.62. The molecule has 1 heterocycles. The first-order valence-electron chi connectivity index (χ1n) is 9.49. The standard InChI is InChI=1S/C25H16F3NO/c1-15-6-10-18(11-7-15)29-22-14-17(25(26,27)28)9-13-20(22)21-12-8-16-4-2-3-5-19(16)23(21)24(29)30/h2-14H,1H3. The van der Waals surface area contributed by atoms with Crippen LogP contribution in [0.4, 0.5) is 13.2 Å². The quantitative estimate of drug-likeness (QED) is 0.288. The van der Waals surface area contributed by atoms with Gasteiger partial charge in [-0.2, -0.15) is 13.2 Å². The van der Waals surface area contributed by atoms with E-state index in [4.69, 9.17) is 0 Å². The molecule has 0 radical (unpaired) electrons. The Kier molecular flexibility index (Phi) is 3.97. The van der Waals surface area contributed by atoms with E-state index in [1.165, 1.54) is 10.6 Å². The molecule has 0 aliphatic rings. The fourth-order valence-electron chi connectivity index (χ4n) is 4.02. The van der Waals surface area contributed by atoms with E-state index in [0.29, 0.717) is 21.8 Å². The first-order chi connectivity index (χ1) is 14.3. The fraction of sp³-hybridized carbons (Fsp3) is 0.0800. The monoisotopic (exact) mass is 403 g/mol. The summed E-state index contributed by atoms with van der Waals surface area (Å²) in [5.41, 5.74) is 0.650. The van der Waals surface area contributed by atoms with Crippen LogP contribution in [0.2, 0.25) is 0 Å². The summed E-state index contributed by atoms with van der Waals surface area (Å²) in [6.45, 7) is 1.92. The third-order valence-electron chi connectivity index (χ3n) is 5.49. The van der Waals surface area contributed by atoms with Crippen molar-refractivity contribution in [2.45, 2.75) is 13.1 Å². The molecule has 0 aliphatic heterocycles. The Morgan fingerprint density at radius 2 is 1.47 bits per heavy atom. The third-order valence-corrected chi connectivity index (χ3v) is 5.49. The number of rotatable bonds is 1. The van der Waals surface area contributed by atoms with Crippen molar-refractivity contribution in [2.24, 2.45) is 0 Å². The lowest BCUT2D eigenvalue weighted by Crippen LogP contribution is -2.20. The minimum Gasteiger partial charge on any atom is -0.276 e. The van der Waals surface area contributed by atoms with Crippen molar-refractivity contribution in [3.05, 3.63) is 100 Å². The SMILES string of the molecule is Cc1ccc(-n2c(=O)c3c4ccccc4ccc3c3ccc(C(F)(F)F)cc32)cc1. The van der Waals surface area contributed by atoms with Gasteiger partial charge in [0.05, 0.1) is 16.5 Å². The van der Waals surface area contributed by atoms with Crippen molar-refractivity contribution in [1.29, 1.82) is 0 Å². The van der Waals surface area contributed by atoms with Gasteiger partial charge in [-0.25, -0.2) is 0 Å². The van der Waals surface area contributed by atoms with Crippen LogP contribution in [0.15, 0.2) is 83.7 Å². The average molecular weight is 403 g/mol. The number of fused-ring (bicyclic) bond motifs is 5. The number of aromatic nitrogens is 1. The average Bonchev–Trinajstić information content (AvgIpc) is 2.73. The number of alkyl halides is 3. The first kappa shape index (κ1) is 18.4. The summed E-state index contributed by atoms with van der Waals surface area (Å²) in [4.78, 5) is 13.7. The highest BCUT2D eigenvalue weighted by Crippen LogP contribution is 2.35. The van der Waals surface area contributed by atoms with Crippen LogP contribution in [0.1, 0.15) is 11.1 Å². The maximum absolute atomic E-state index is 13.7. The molecule has 0 saturated heterocycles. The molecule has 148 valence electrons. The van der Waals surface area contributed by atoms with Crippen LogP contribution in [0.5, 0.6) is 0 Å². The summed E-state index contributed by atoms with van der Waals surface area (Å²) in [5.74, 6) is 0. The van der Waals surface area contributed by atoms with E-state index in [9.17, 15) is 18.0 Å². The summed E-state index contributed by atoms with van der Waals surface area (Å²) >= 11 is 0. The van der Waals surface area contributed by atoms with Crippen molar-refractivity contribution in [1.82, 2.24) is 4.57 Å². The molecule has 0 spiro atoms. The summed E-state index contributed by atoms with van der Waals surface area (Å²) < 4.78 is 41.7. The summed E-state index contributed by atoms with van der Waals surface area (Å²) in [5, 5.41) is 3.43. The first-order valence-corrected chi connectivity index (χ1v) is 9.49. The maximum atomic E-state index is 13.7. The normalized spacial score (nSPS) is 12.1. The Morgan fingerprint density at radius 3 is 2.20 bits per heavy atom. The number of nitrogens with zero attached hydrogens (tertiary/aromatic N) is 1. The van der Waals surface area contributed by atoms with Crippen molar-refractivity contribution >= 4 is 32.4 Å². The van der Waals surface area contributed by atoms with E-state index in [0.717, 1.165) is 28.5 Å². The van der Waals surface area contributed by atoms with E-state index in [1.54, 1.807) is 12.1 Å². The van der Waals surface area contributed by atoms with Gasteiger partial charge in [0.15, 0.2) is 0 Å². The molecule has 0 bridgehead atoms. The zero-order valence-electron chi connectivity index (χ0n) is 16.0. The Hall–Kier alpha value is -3.60. The topological polar surface area (TPSA) is 22.0 Å². The number of pyridine rings is 1. The van der Waals surface area contributed by atoms with Gasteiger partial charge < -0.3 is 0 Å². The number of aryl methyl sites for hydroxylation is 1. The van der Waals surface area contributed by atoms with Crippen molar-refractivity contribution in [3.8, 4) is 5.69 Å². The molecule has 1 aromatic heterocycles. The summed E-state index contributed by atoms with van der Waals surface area (Å²) in [6, 6.07) is 22.0. The smallest absolute Gasteiger partial charge is 0.276 e. The molecule has 2 nitrogen and oxygen atoms in total. The second kappa shape index (κ2) is 6.46. The van der Waals surface area contributed by atoms with Crippen LogP contribution in [-0.4, -0.2) is 4.57 Å². The second-order valence-electron chi connectivity index (χ2n) is 7.42. The van der Waals surface area contributed by atoms with Crippen molar-refractivity contribution < 1.29 is 13.2 Å². The zero-order valence-corrected chi connectivity index (χ0v) is 16.0. The molecule has 0 saturated carbocycles. The van der Waals surface area contributed by atoms with Crippen molar-refractivity contribution in [3.63, 3.8) is 0 Å². The lowest BCUT2D eigenvalue weighted by Gasteiger charge is -2.16. The van der Waals surface area contributed by atoms with Crippen LogP contribution in [0.25, 0.3) is 38.1 Å². The molecule has 0 unspecified atom stereocenters. The van der Waals surface area contributed by atoms with Crippen LogP contribution in [0, 0.1) is 6.92 Å². The molecule has 0 atom stereocenters. The largest absolute Gasteiger partial charge is 0.416 e. The highest BCUT2D eigenvalue weighted by Gasteiger charge is 2.31. The predicted molar refractivity (Wildman–Crippen MR) is 114 cm³/mol. The fourth-order valence-corrected chi connectivity index (χ4v) is 4.02.